The van der Waals surface area contributed by atoms with E-state index in [1.165, 1.54) is 0 Å². The topological polar surface area (TPSA) is 67.4 Å². The predicted octanol–water partition coefficient (Wildman–Crippen LogP) is 4.27. The molecule has 2 N–H and O–H groups in total. The lowest BCUT2D eigenvalue weighted by molar-refractivity contribution is 0.0116. The number of amides is 2. The molecule has 144 valence electrons. The highest BCUT2D eigenvalue weighted by Crippen LogP contribution is 2.28. The Balaban J connectivity index is 1.83. The third-order valence-electron chi connectivity index (χ3n) is 4.43. The zero-order valence-electron chi connectivity index (χ0n) is 15.7. The second-order valence-corrected chi connectivity index (χ2v) is 6.35. The minimum Gasteiger partial charge on any atom is -0.418 e. The smallest absolute Gasteiger partial charge is 0.414 e. The van der Waals surface area contributed by atoms with Crippen LogP contribution in [-0.4, -0.2) is 17.7 Å². The molecule has 2 amide bonds. The molecule has 1 aliphatic carbocycles. The van der Waals surface area contributed by atoms with Gasteiger partial charge >= 0.3 is 6.09 Å². The number of carbonyl (C=O) groups excluding carboxylic acids is 2. The Morgan fingerprint density at radius 3 is 2.48 bits per heavy atom. The minimum atomic E-state index is -1.42. The summed E-state index contributed by atoms with van der Waals surface area (Å²) in [6.45, 7) is 3.80. The summed E-state index contributed by atoms with van der Waals surface area (Å²) in [5.74, 6) is 1.64. The molecule has 5 heteroatoms. The molecule has 0 radical (unpaired) electrons. The van der Waals surface area contributed by atoms with Gasteiger partial charge in [-0.25, -0.2) is 4.79 Å². The first kappa shape index (κ1) is 19.7. The van der Waals surface area contributed by atoms with Crippen molar-refractivity contribution in [2.24, 2.45) is 5.92 Å². The van der Waals surface area contributed by atoms with Crippen molar-refractivity contribution in [3.63, 3.8) is 0 Å². The largest absolute Gasteiger partial charge is 0.418 e. The van der Waals surface area contributed by atoms with Gasteiger partial charge in [-0.1, -0.05) is 48.4 Å². The molecule has 2 unspecified atom stereocenters. The standard InChI is InChI=1S/C24H20N2O3/c1-3-18-13-15-19(16-14-18)22(27)26-24(17-9-8-10-20(24)4-2)29-23(28)25-21-11-6-5-7-12-21/h1,4-17,20H,2H2,(H,25,28)(H,26,27). The van der Waals surface area contributed by atoms with Gasteiger partial charge in [-0.05, 0) is 42.5 Å². The molecule has 0 spiro atoms. The van der Waals surface area contributed by atoms with Crippen LogP contribution in [0, 0.1) is 18.3 Å². The fourth-order valence-electron chi connectivity index (χ4n) is 2.93. The SMILES string of the molecule is C#Cc1ccc(C(=O)NC2(OC(=O)Nc3ccccc3)C=CC=CC2C=C)cc1. The maximum absolute atomic E-state index is 12.9. The fourth-order valence-corrected chi connectivity index (χ4v) is 2.93. The number of allylic oxidation sites excluding steroid dienone is 2. The molecule has 2 aromatic rings. The van der Waals surface area contributed by atoms with Crippen LogP contribution in [-0.2, 0) is 4.74 Å². The van der Waals surface area contributed by atoms with E-state index in [0.717, 1.165) is 0 Å². The van der Waals surface area contributed by atoms with Crippen LogP contribution >= 0.6 is 0 Å². The first-order valence-corrected chi connectivity index (χ1v) is 8.99. The number of carbonyl (C=O) groups is 2. The van der Waals surface area contributed by atoms with E-state index in [-0.39, 0.29) is 0 Å². The Labute approximate surface area is 169 Å². The number of para-hydroxylation sites is 1. The summed E-state index contributed by atoms with van der Waals surface area (Å²) in [4.78, 5) is 25.4. The van der Waals surface area contributed by atoms with Gasteiger partial charge in [0.2, 0.25) is 5.72 Å². The van der Waals surface area contributed by atoms with E-state index >= 15 is 0 Å². The molecule has 0 fully saturated rings. The van der Waals surface area contributed by atoms with Crippen LogP contribution < -0.4 is 10.6 Å². The molecule has 0 saturated heterocycles. The van der Waals surface area contributed by atoms with Crippen LogP contribution in [0.3, 0.4) is 0 Å². The van der Waals surface area contributed by atoms with E-state index in [4.69, 9.17) is 11.2 Å². The van der Waals surface area contributed by atoms with Crippen LogP contribution in [0.2, 0.25) is 0 Å². The van der Waals surface area contributed by atoms with Gasteiger partial charge in [0.15, 0.2) is 0 Å². The molecule has 5 nitrogen and oxygen atoms in total. The highest BCUT2D eigenvalue weighted by atomic mass is 16.6. The lowest BCUT2D eigenvalue weighted by Gasteiger charge is -2.37. The van der Waals surface area contributed by atoms with Gasteiger partial charge in [0.25, 0.3) is 5.91 Å². The Hall–Kier alpha value is -4.04. The minimum absolute atomic E-state index is 0.390. The summed E-state index contributed by atoms with van der Waals surface area (Å²) in [5.41, 5.74) is 0.215. The quantitative estimate of drug-likeness (QED) is 0.460. The Bertz CT molecular complexity index is 1000. The summed E-state index contributed by atoms with van der Waals surface area (Å²) in [6, 6.07) is 15.5. The van der Waals surface area contributed by atoms with Crippen LogP contribution in [0.5, 0.6) is 0 Å². The van der Waals surface area contributed by atoms with E-state index in [2.05, 4.69) is 23.1 Å². The second kappa shape index (κ2) is 8.77. The number of benzene rings is 2. The summed E-state index contributed by atoms with van der Waals surface area (Å²) in [5, 5.41) is 5.48. The van der Waals surface area contributed by atoms with Crippen LogP contribution in [0.15, 0.2) is 91.6 Å². The van der Waals surface area contributed by atoms with Gasteiger partial charge in [-0.2, -0.15) is 0 Å². The van der Waals surface area contributed by atoms with Crippen molar-refractivity contribution in [3.8, 4) is 12.3 Å². The molecule has 29 heavy (non-hydrogen) atoms. The first-order valence-electron chi connectivity index (χ1n) is 8.99. The average Bonchev–Trinajstić information content (AvgIpc) is 2.74. The summed E-state index contributed by atoms with van der Waals surface area (Å²) < 4.78 is 5.70. The molecular formula is C24H20N2O3. The third-order valence-corrected chi connectivity index (χ3v) is 4.43. The molecule has 0 bridgehead atoms. The molecule has 0 saturated carbocycles. The van der Waals surface area contributed by atoms with E-state index in [1.54, 1.807) is 78.9 Å². The van der Waals surface area contributed by atoms with Gasteiger partial charge in [-0.3, -0.25) is 10.1 Å². The molecule has 0 aliphatic heterocycles. The molecular weight excluding hydrogens is 364 g/mol. The van der Waals surface area contributed by atoms with Crippen molar-refractivity contribution >= 4 is 17.7 Å². The van der Waals surface area contributed by atoms with E-state index < -0.39 is 23.6 Å². The Morgan fingerprint density at radius 2 is 1.83 bits per heavy atom. The van der Waals surface area contributed by atoms with Crippen LogP contribution in [0.1, 0.15) is 15.9 Å². The van der Waals surface area contributed by atoms with Gasteiger partial charge in [0.1, 0.15) is 0 Å². The van der Waals surface area contributed by atoms with Gasteiger partial charge in [-0.15, -0.1) is 13.0 Å². The monoisotopic (exact) mass is 384 g/mol. The van der Waals surface area contributed by atoms with Crippen molar-refractivity contribution in [1.29, 1.82) is 0 Å². The highest BCUT2D eigenvalue weighted by Gasteiger charge is 2.40. The third kappa shape index (κ3) is 4.63. The number of hydrogen-bond acceptors (Lipinski definition) is 3. The lowest BCUT2D eigenvalue weighted by atomic mass is 9.90. The molecule has 1 aliphatic rings. The number of rotatable bonds is 5. The van der Waals surface area contributed by atoms with Crippen LogP contribution in [0.4, 0.5) is 10.5 Å². The normalized spacial score (nSPS) is 19.6. The van der Waals surface area contributed by atoms with Gasteiger partial charge < -0.3 is 10.1 Å². The zero-order chi connectivity index (χ0) is 20.7. The van der Waals surface area contributed by atoms with Crippen molar-refractivity contribution in [2.75, 3.05) is 5.32 Å². The Morgan fingerprint density at radius 1 is 1.10 bits per heavy atom. The fraction of sp³-hybridized carbons (Fsp3) is 0.0833. The van der Waals surface area contributed by atoms with Gasteiger partial charge in [0.05, 0.1) is 5.92 Å². The van der Waals surface area contributed by atoms with Gasteiger partial charge in [0, 0.05) is 16.8 Å². The lowest BCUT2D eigenvalue weighted by Crippen LogP contribution is -2.55. The van der Waals surface area contributed by atoms with Crippen molar-refractivity contribution in [3.05, 3.63) is 103 Å². The first-order chi connectivity index (χ1) is 14.1. The molecule has 2 atom stereocenters. The van der Waals surface area contributed by atoms with E-state index in [0.29, 0.717) is 16.8 Å². The summed E-state index contributed by atoms with van der Waals surface area (Å²) in [6.07, 6.45) is 13.2. The van der Waals surface area contributed by atoms with E-state index in [1.807, 2.05) is 6.07 Å². The number of anilines is 1. The number of nitrogens with one attached hydrogen (secondary N) is 2. The second-order valence-electron chi connectivity index (χ2n) is 6.35. The number of terminal acetylenes is 1. The predicted molar refractivity (Wildman–Crippen MR) is 113 cm³/mol. The van der Waals surface area contributed by atoms with Crippen molar-refractivity contribution < 1.29 is 14.3 Å². The zero-order valence-corrected chi connectivity index (χ0v) is 15.7. The molecule has 0 aromatic heterocycles. The Kier molecular flexibility index (Phi) is 5.96. The summed E-state index contributed by atoms with van der Waals surface area (Å²) in [7, 11) is 0. The van der Waals surface area contributed by atoms with E-state index in [9.17, 15) is 9.59 Å². The number of hydrogen-bond donors (Lipinski definition) is 2. The molecule has 3 rings (SSSR count). The summed E-state index contributed by atoms with van der Waals surface area (Å²) >= 11 is 0. The van der Waals surface area contributed by atoms with Crippen molar-refractivity contribution in [1.82, 2.24) is 5.32 Å². The molecule has 2 aromatic carbocycles. The van der Waals surface area contributed by atoms with Crippen LogP contribution in [0.25, 0.3) is 0 Å². The van der Waals surface area contributed by atoms with Crippen molar-refractivity contribution in [2.45, 2.75) is 5.72 Å². The average molecular weight is 384 g/mol. The molecule has 0 heterocycles. The highest BCUT2D eigenvalue weighted by molar-refractivity contribution is 5.95. The number of ether oxygens (including phenoxy) is 1. The maximum atomic E-state index is 12.9. The maximum Gasteiger partial charge on any atom is 0.414 e.